The van der Waals surface area contributed by atoms with Crippen molar-refractivity contribution in [3.63, 3.8) is 0 Å². The number of benzene rings is 2. The molecule has 0 spiro atoms. The first-order valence-electron chi connectivity index (χ1n) is 9.79. The van der Waals surface area contributed by atoms with E-state index in [9.17, 15) is 4.39 Å². The Labute approximate surface area is 199 Å². The van der Waals surface area contributed by atoms with Crippen molar-refractivity contribution in [2.24, 2.45) is 0 Å². The van der Waals surface area contributed by atoms with Gasteiger partial charge >= 0.3 is 0 Å². The van der Waals surface area contributed by atoms with Gasteiger partial charge in [-0.25, -0.2) is 9.37 Å². The summed E-state index contributed by atoms with van der Waals surface area (Å²) in [4.78, 5) is 4.00. The molecule has 0 aliphatic heterocycles. The Balaban J connectivity index is 1.83. The predicted octanol–water partition coefficient (Wildman–Crippen LogP) is 5.44. The van der Waals surface area contributed by atoms with E-state index in [0.717, 1.165) is 5.56 Å². The van der Waals surface area contributed by atoms with Crippen LogP contribution in [0, 0.1) is 5.82 Å². The van der Waals surface area contributed by atoms with Gasteiger partial charge in [0, 0.05) is 17.5 Å². The summed E-state index contributed by atoms with van der Waals surface area (Å²) in [6.07, 6.45) is 1.64. The topological polar surface area (TPSA) is 71.3 Å². The molecule has 7 nitrogen and oxygen atoms in total. The van der Waals surface area contributed by atoms with E-state index in [1.54, 1.807) is 47.2 Å². The molecular weight excluding hydrogens is 467 g/mol. The summed E-state index contributed by atoms with van der Waals surface area (Å²) < 4.78 is 32.9. The standard InChI is InChI=1S/C23H20ClFN4O3S/c1-30-18-11-15(12-19(31-2)21(18)32-3)22-27-28-23(29(22)17-7-5-4-6-16(17)25)33-13-14-8-9-26-20(24)10-14/h4-12H,13H2,1-3H3. The lowest BCUT2D eigenvalue weighted by atomic mass is 10.1. The first-order chi connectivity index (χ1) is 16.0. The Bertz CT molecular complexity index is 1260. The molecule has 2 aromatic heterocycles. The quantitative estimate of drug-likeness (QED) is 0.242. The van der Waals surface area contributed by atoms with Crippen LogP contribution in [0.4, 0.5) is 4.39 Å². The average Bonchev–Trinajstić information content (AvgIpc) is 3.25. The van der Waals surface area contributed by atoms with Crippen LogP contribution in [0.2, 0.25) is 5.15 Å². The number of hydrogen-bond acceptors (Lipinski definition) is 7. The second kappa shape index (κ2) is 10.1. The van der Waals surface area contributed by atoms with E-state index in [4.69, 9.17) is 25.8 Å². The fourth-order valence-electron chi connectivity index (χ4n) is 3.29. The lowest BCUT2D eigenvalue weighted by molar-refractivity contribution is 0.324. The Morgan fingerprint density at radius 2 is 1.70 bits per heavy atom. The second-order valence-electron chi connectivity index (χ2n) is 6.78. The Morgan fingerprint density at radius 3 is 2.33 bits per heavy atom. The predicted molar refractivity (Wildman–Crippen MR) is 125 cm³/mol. The smallest absolute Gasteiger partial charge is 0.203 e. The highest BCUT2D eigenvalue weighted by Gasteiger charge is 2.22. The molecule has 4 aromatic rings. The first kappa shape index (κ1) is 22.9. The number of halogens is 2. The Morgan fingerprint density at radius 1 is 0.970 bits per heavy atom. The van der Waals surface area contributed by atoms with Crippen LogP contribution in [-0.2, 0) is 5.75 Å². The summed E-state index contributed by atoms with van der Waals surface area (Å²) in [6, 6.07) is 13.6. The largest absolute Gasteiger partial charge is 0.493 e. The zero-order chi connectivity index (χ0) is 23.4. The van der Waals surface area contributed by atoms with Gasteiger partial charge in [0.15, 0.2) is 22.5 Å². The lowest BCUT2D eigenvalue weighted by Gasteiger charge is -2.15. The summed E-state index contributed by atoms with van der Waals surface area (Å²) in [5.74, 6) is 1.93. The summed E-state index contributed by atoms with van der Waals surface area (Å²) in [7, 11) is 4.59. The van der Waals surface area contributed by atoms with E-state index in [1.165, 1.54) is 39.2 Å². The van der Waals surface area contributed by atoms with Crippen molar-refractivity contribution in [2.75, 3.05) is 21.3 Å². The molecule has 0 N–H and O–H groups in total. The molecule has 0 amide bonds. The monoisotopic (exact) mass is 486 g/mol. The van der Waals surface area contributed by atoms with Gasteiger partial charge in [0.2, 0.25) is 5.75 Å². The van der Waals surface area contributed by atoms with Gasteiger partial charge in [-0.05, 0) is 42.0 Å². The van der Waals surface area contributed by atoms with Crippen LogP contribution in [0.3, 0.4) is 0 Å². The molecule has 0 aliphatic carbocycles. The average molecular weight is 487 g/mol. The molecule has 33 heavy (non-hydrogen) atoms. The number of aromatic nitrogens is 4. The second-order valence-corrected chi connectivity index (χ2v) is 8.11. The van der Waals surface area contributed by atoms with Crippen LogP contribution >= 0.6 is 23.4 Å². The molecule has 0 aliphatic rings. The lowest BCUT2D eigenvalue weighted by Crippen LogP contribution is -2.03. The molecule has 0 radical (unpaired) electrons. The van der Waals surface area contributed by atoms with E-state index < -0.39 is 5.82 Å². The molecule has 10 heteroatoms. The molecule has 0 unspecified atom stereocenters. The highest BCUT2D eigenvalue weighted by atomic mass is 35.5. The van der Waals surface area contributed by atoms with Crippen molar-refractivity contribution >= 4 is 23.4 Å². The van der Waals surface area contributed by atoms with Crippen LogP contribution in [0.5, 0.6) is 17.2 Å². The molecule has 2 heterocycles. The van der Waals surface area contributed by atoms with E-state index in [1.807, 2.05) is 6.07 Å². The summed E-state index contributed by atoms with van der Waals surface area (Å²) in [5, 5.41) is 9.64. The number of thioether (sulfide) groups is 1. The van der Waals surface area contributed by atoms with Gasteiger partial charge in [0.05, 0.1) is 27.0 Å². The fraction of sp³-hybridized carbons (Fsp3) is 0.174. The van der Waals surface area contributed by atoms with Crippen molar-refractivity contribution in [3.05, 3.63) is 71.3 Å². The van der Waals surface area contributed by atoms with Crippen LogP contribution in [0.1, 0.15) is 5.56 Å². The van der Waals surface area contributed by atoms with Gasteiger partial charge < -0.3 is 14.2 Å². The maximum absolute atomic E-state index is 14.9. The maximum atomic E-state index is 14.9. The molecular formula is C23H20ClFN4O3S. The molecule has 0 atom stereocenters. The number of nitrogens with zero attached hydrogens (tertiary/aromatic N) is 4. The Kier molecular flexibility index (Phi) is 7.00. The number of pyridine rings is 1. The third-order valence-corrected chi connectivity index (χ3v) is 6.02. The van der Waals surface area contributed by atoms with E-state index >= 15 is 0 Å². The van der Waals surface area contributed by atoms with Crippen LogP contribution < -0.4 is 14.2 Å². The van der Waals surface area contributed by atoms with Gasteiger partial charge in [0.1, 0.15) is 11.0 Å². The van der Waals surface area contributed by atoms with Gasteiger partial charge in [-0.1, -0.05) is 35.5 Å². The van der Waals surface area contributed by atoms with Crippen LogP contribution in [0.15, 0.2) is 59.9 Å². The van der Waals surface area contributed by atoms with Crippen LogP contribution in [-0.4, -0.2) is 41.1 Å². The van der Waals surface area contributed by atoms with E-state index in [2.05, 4.69) is 15.2 Å². The van der Waals surface area contributed by atoms with E-state index in [0.29, 0.717) is 50.4 Å². The molecule has 4 rings (SSSR count). The summed E-state index contributed by atoms with van der Waals surface area (Å²) >= 11 is 7.41. The third-order valence-electron chi connectivity index (χ3n) is 4.81. The van der Waals surface area contributed by atoms with Crippen molar-refractivity contribution < 1.29 is 18.6 Å². The number of methoxy groups -OCH3 is 3. The summed E-state index contributed by atoms with van der Waals surface area (Å²) in [5.41, 5.74) is 1.90. The maximum Gasteiger partial charge on any atom is 0.203 e. The van der Waals surface area contributed by atoms with Crippen molar-refractivity contribution in [1.29, 1.82) is 0 Å². The van der Waals surface area contributed by atoms with Gasteiger partial charge in [-0.3, -0.25) is 4.57 Å². The summed E-state index contributed by atoms with van der Waals surface area (Å²) in [6.45, 7) is 0. The van der Waals surface area contributed by atoms with Crippen molar-refractivity contribution in [1.82, 2.24) is 19.7 Å². The molecule has 2 aromatic carbocycles. The number of rotatable bonds is 8. The van der Waals surface area contributed by atoms with Crippen LogP contribution in [0.25, 0.3) is 17.1 Å². The van der Waals surface area contributed by atoms with E-state index in [-0.39, 0.29) is 0 Å². The van der Waals surface area contributed by atoms with Crippen molar-refractivity contribution in [2.45, 2.75) is 10.9 Å². The Hall–Kier alpha value is -3.30. The third kappa shape index (κ3) is 4.74. The normalized spacial score (nSPS) is 10.8. The minimum absolute atomic E-state index is 0.321. The fourth-order valence-corrected chi connectivity index (χ4v) is 4.38. The van der Waals surface area contributed by atoms with Crippen molar-refractivity contribution in [3.8, 4) is 34.3 Å². The number of hydrogen-bond donors (Lipinski definition) is 0. The van der Waals surface area contributed by atoms with Gasteiger partial charge in [-0.2, -0.15) is 0 Å². The minimum Gasteiger partial charge on any atom is -0.493 e. The van der Waals surface area contributed by atoms with Gasteiger partial charge in [0.25, 0.3) is 0 Å². The highest BCUT2D eigenvalue weighted by Crippen LogP contribution is 2.42. The molecule has 0 fully saturated rings. The molecule has 0 bridgehead atoms. The van der Waals surface area contributed by atoms with Gasteiger partial charge in [-0.15, -0.1) is 10.2 Å². The minimum atomic E-state index is -0.403. The molecule has 0 saturated heterocycles. The number of para-hydroxylation sites is 1. The molecule has 170 valence electrons. The zero-order valence-electron chi connectivity index (χ0n) is 18.1. The molecule has 0 saturated carbocycles. The first-order valence-corrected chi connectivity index (χ1v) is 11.2. The zero-order valence-corrected chi connectivity index (χ0v) is 19.7. The number of ether oxygens (including phenoxy) is 3. The highest BCUT2D eigenvalue weighted by molar-refractivity contribution is 7.98. The SMILES string of the molecule is COc1cc(-c2nnc(SCc3ccnc(Cl)c3)n2-c2ccccc2F)cc(OC)c1OC.